The van der Waals surface area contributed by atoms with Gasteiger partial charge in [0.05, 0.1) is 18.3 Å². The Morgan fingerprint density at radius 2 is 1.95 bits per heavy atom. The number of amides is 1. The number of carbonyl (C=O) groups excluding carboxylic acids is 1. The Kier molecular flexibility index (Phi) is 2.87. The van der Waals surface area contributed by atoms with E-state index < -0.39 is 5.91 Å². The Morgan fingerprint density at radius 1 is 1.20 bits per heavy atom. The van der Waals surface area contributed by atoms with E-state index in [4.69, 9.17) is 10.5 Å². The third kappa shape index (κ3) is 1.99. The Hall–Kier alpha value is -2.82. The molecule has 0 saturated carbocycles. The van der Waals surface area contributed by atoms with Crippen molar-refractivity contribution in [1.29, 1.82) is 0 Å². The van der Waals surface area contributed by atoms with E-state index in [1.54, 1.807) is 25.3 Å². The van der Waals surface area contributed by atoms with Crippen molar-refractivity contribution in [2.24, 2.45) is 5.73 Å². The van der Waals surface area contributed by atoms with Crippen LogP contribution in [0.2, 0.25) is 0 Å². The van der Waals surface area contributed by atoms with Gasteiger partial charge < -0.3 is 10.5 Å². The van der Waals surface area contributed by atoms with Crippen LogP contribution in [-0.2, 0) is 0 Å². The molecule has 3 N–H and O–H groups in total. The third-order valence-corrected chi connectivity index (χ3v) is 3.21. The summed E-state index contributed by atoms with van der Waals surface area (Å²) in [4.78, 5) is 11.3. The van der Waals surface area contributed by atoms with Crippen molar-refractivity contribution >= 4 is 16.8 Å². The molecule has 0 aliphatic heterocycles. The topological polar surface area (TPSA) is 81.0 Å². The predicted octanol–water partition coefficient (Wildman–Crippen LogP) is 2.34. The molecule has 0 spiro atoms. The van der Waals surface area contributed by atoms with Gasteiger partial charge in [0.15, 0.2) is 0 Å². The number of H-pyrrole nitrogens is 1. The zero-order chi connectivity index (χ0) is 14.1. The Balaban J connectivity index is 2.14. The molecule has 0 aliphatic carbocycles. The van der Waals surface area contributed by atoms with Crippen LogP contribution in [0.25, 0.3) is 22.2 Å². The Labute approximate surface area is 115 Å². The summed E-state index contributed by atoms with van der Waals surface area (Å²) in [7, 11) is 1.62. The number of hydrogen-bond donors (Lipinski definition) is 2. The Morgan fingerprint density at radius 3 is 2.60 bits per heavy atom. The number of hydrogen-bond acceptors (Lipinski definition) is 3. The highest BCUT2D eigenvalue weighted by Gasteiger charge is 2.10. The van der Waals surface area contributed by atoms with Crippen LogP contribution in [0.1, 0.15) is 10.4 Å². The van der Waals surface area contributed by atoms with Gasteiger partial charge in [-0.15, -0.1) is 0 Å². The number of fused-ring (bicyclic) bond motifs is 1. The van der Waals surface area contributed by atoms with Crippen LogP contribution in [-0.4, -0.2) is 23.2 Å². The normalized spacial score (nSPS) is 10.7. The van der Waals surface area contributed by atoms with Gasteiger partial charge in [0.2, 0.25) is 5.91 Å². The molecule has 1 amide bonds. The second-order valence-electron chi connectivity index (χ2n) is 4.43. The molecule has 100 valence electrons. The Bertz CT molecular complexity index is 775. The van der Waals surface area contributed by atoms with Crippen molar-refractivity contribution in [3.63, 3.8) is 0 Å². The summed E-state index contributed by atoms with van der Waals surface area (Å²) in [5.74, 6) is 0.334. The first kappa shape index (κ1) is 12.2. The number of rotatable bonds is 3. The van der Waals surface area contributed by atoms with Gasteiger partial charge >= 0.3 is 0 Å². The number of nitrogens with two attached hydrogens (primary N) is 1. The van der Waals surface area contributed by atoms with Crippen molar-refractivity contribution in [2.75, 3.05) is 7.11 Å². The third-order valence-electron chi connectivity index (χ3n) is 3.21. The van der Waals surface area contributed by atoms with Crippen LogP contribution in [0.3, 0.4) is 0 Å². The highest BCUT2D eigenvalue weighted by atomic mass is 16.5. The summed E-state index contributed by atoms with van der Waals surface area (Å²) in [6, 6.07) is 12.8. The monoisotopic (exact) mass is 267 g/mol. The van der Waals surface area contributed by atoms with E-state index >= 15 is 0 Å². The zero-order valence-electron chi connectivity index (χ0n) is 10.9. The fourth-order valence-corrected chi connectivity index (χ4v) is 2.14. The number of nitrogens with one attached hydrogen (secondary N) is 1. The first-order chi connectivity index (χ1) is 9.69. The summed E-state index contributed by atoms with van der Waals surface area (Å²) >= 11 is 0. The van der Waals surface area contributed by atoms with Gasteiger partial charge in [0.1, 0.15) is 5.75 Å². The number of methoxy groups -OCH3 is 1. The van der Waals surface area contributed by atoms with Crippen LogP contribution >= 0.6 is 0 Å². The van der Waals surface area contributed by atoms with Gasteiger partial charge in [-0.3, -0.25) is 9.89 Å². The minimum atomic E-state index is -0.450. The summed E-state index contributed by atoms with van der Waals surface area (Å²) < 4.78 is 5.14. The number of primary amides is 1. The minimum Gasteiger partial charge on any atom is -0.497 e. The molecule has 2 aromatic carbocycles. The highest BCUT2D eigenvalue weighted by Crippen LogP contribution is 2.28. The van der Waals surface area contributed by atoms with Gasteiger partial charge in [0.25, 0.3) is 0 Å². The molecule has 0 bridgehead atoms. The second kappa shape index (κ2) is 4.70. The largest absolute Gasteiger partial charge is 0.497 e. The van der Waals surface area contributed by atoms with Crippen LogP contribution in [0.4, 0.5) is 0 Å². The number of ether oxygens (including phenoxy) is 1. The van der Waals surface area contributed by atoms with Crippen LogP contribution in [0.5, 0.6) is 5.75 Å². The molecular formula is C15H13N3O2. The summed E-state index contributed by atoms with van der Waals surface area (Å²) in [5, 5.41) is 8.12. The molecule has 0 fully saturated rings. The summed E-state index contributed by atoms with van der Waals surface area (Å²) in [6.07, 6.45) is 0. The van der Waals surface area contributed by atoms with Crippen molar-refractivity contribution in [2.45, 2.75) is 0 Å². The SMILES string of the molecule is COc1ccc(-c2n[nH]c3ccc(C(N)=O)cc23)cc1. The second-order valence-corrected chi connectivity index (χ2v) is 4.43. The number of aromatic amines is 1. The molecule has 20 heavy (non-hydrogen) atoms. The standard InChI is InChI=1S/C15H13N3O2/c1-20-11-5-2-9(3-6-11)14-12-8-10(15(16)19)4-7-13(12)17-18-14/h2-8H,1H3,(H2,16,19)(H,17,18). The van der Waals surface area contributed by atoms with E-state index in [2.05, 4.69) is 10.2 Å². The molecule has 0 saturated heterocycles. The number of carbonyl (C=O) groups is 1. The molecule has 3 aromatic rings. The fraction of sp³-hybridized carbons (Fsp3) is 0.0667. The van der Waals surface area contributed by atoms with Gasteiger partial charge in [-0.2, -0.15) is 5.10 Å². The van der Waals surface area contributed by atoms with Crippen molar-refractivity contribution in [1.82, 2.24) is 10.2 Å². The highest BCUT2D eigenvalue weighted by molar-refractivity contribution is 6.00. The van der Waals surface area contributed by atoms with Crippen LogP contribution < -0.4 is 10.5 Å². The average Bonchev–Trinajstić information content (AvgIpc) is 2.90. The smallest absolute Gasteiger partial charge is 0.248 e. The van der Waals surface area contributed by atoms with E-state index in [1.165, 1.54) is 0 Å². The van der Waals surface area contributed by atoms with Crippen molar-refractivity contribution in [3.05, 3.63) is 48.0 Å². The van der Waals surface area contributed by atoms with E-state index in [-0.39, 0.29) is 0 Å². The number of aromatic nitrogens is 2. The lowest BCUT2D eigenvalue weighted by Gasteiger charge is -2.02. The quantitative estimate of drug-likeness (QED) is 0.764. The van der Waals surface area contributed by atoms with Gasteiger partial charge in [-0.05, 0) is 42.5 Å². The van der Waals surface area contributed by atoms with Crippen LogP contribution in [0.15, 0.2) is 42.5 Å². The zero-order valence-corrected chi connectivity index (χ0v) is 10.9. The minimum absolute atomic E-state index is 0.450. The van der Waals surface area contributed by atoms with Crippen molar-refractivity contribution in [3.8, 4) is 17.0 Å². The molecule has 1 aromatic heterocycles. The first-order valence-corrected chi connectivity index (χ1v) is 6.11. The summed E-state index contributed by atoms with van der Waals surface area (Å²) in [5.41, 5.74) is 8.37. The molecule has 1 heterocycles. The lowest BCUT2D eigenvalue weighted by molar-refractivity contribution is 0.100. The van der Waals surface area contributed by atoms with E-state index in [0.717, 1.165) is 27.9 Å². The molecule has 0 aliphatic rings. The maximum Gasteiger partial charge on any atom is 0.248 e. The maximum absolute atomic E-state index is 11.3. The van der Waals surface area contributed by atoms with E-state index in [0.29, 0.717) is 5.56 Å². The number of nitrogens with zero attached hydrogens (tertiary/aromatic N) is 1. The molecule has 5 heteroatoms. The van der Waals surface area contributed by atoms with Gasteiger partial charge in [0, 0.05) is 16.5 Å². The molecule has 0 radical (unpaired) electrons. The molecule has 3 rings (SSSR count). The van der Waals surface area contributed by atoms with Gasteiger partial charge in [-0.1, -0.05) is 0 Å². The predicted molar refractivity (Wildman–Crippen MR) is 76.6 cm³/mol. The van der Waals surface area contributed by atoms with E-state index in [9.17, 15) is 4.79 Å². The maximum atomic E-state index is 11.3. The van der Waals surface area contributed by atoms with Crippen molar-refractivity contribution < 1.29 is 9.53 Å². The molecular weight excluding hydrogens is 254 g/mol. The molecule has 5 nitrogen and oxygen atoms in total. The van der Waals surface area contributed by atoms with Gasteiger partial charge in [-0.25, -0.2) is 0 Å². The lowest BCUT2D eigenvalue weighted by Crippen LogP contribution is -2.10. The fourth-order valence-electron chi connectivity index (χ4n) is 2.14. The first-order valence-electron chi connectivity index (χ1n) is 6.11. The average molecular weight is 267 g/mol. The molecule has 0 unspecified atom stereocenters. The summed E-state index contributed by atoms with van der Waals surface area (Å²) in [6.45, 7) is 0. The number of benzene rings is 2. The molecule has 0 atom stereocenters. The van der Waals surface area contributed by atoms with E-state index in [1.807, 2.05) is 24.3 Å². The van der Waals surface area contributed by atoms with Crippen LogP contribution in [0, 0.1) is 0 Å². The lowest BCUT2D eigenvalue weighted by atomic mass is 10.1.